The van der Waals surface area contributed by atoms with E-state index in [1.165, 1.54) is 5.56 Å². The number of carbonyl (C=O) groups excluding carboxylic acids is 1. The smallest absolute Gasteiger partial charge is 0.176 e. The van der Waals surface area contributed by atoms with Gasteiger partial charge in [-0.15, -0.1) is 0 Å². The van der Waals surface area contributed by atoms with Crippen LogP contribution in [0.25, 0.3) is 0 Å². The van der Waals surface area contributed by atoms with Crippen LogP contribution >= 0.6 is 0 Å². The Morgan fingerprint density at radius 2 is 1.95 bits per heavy atom. The number of hydrogen-bond donors (Lipinski definition) is 0. The maximum Gasteiger partial charge on any atom is 0.176 e. The number of aromatic nitrogens is 1. The molecule has 0 atom stereocenters. The molecule has 0 N–H and O–H groups in total. The topological polar surface area (TPSA) is 33.2 Å². The van der Waals surface area contributed by atoms with Crippen LogP contribution in [0, 0.1) is 13.8 Å². The zero-order valence-corrected chi connectivity index (χ0v) is 13.0. The maximum absolute atomic E-state index is 12.3. The third-order valence-corrected chi connectivity index (χ3v) is 3.72. The molecule has 0 bridgehead atoms. The Morgan fingerprint density at radius 3 is 2.62 bits per heavy atom. The lowest BCUT2D eigenvalue weighted by Crippen LogP contribution is -2.28. The van der Waals surface area contributed by atoms with Crippen LogP contribution in [0.3, 0.4) is 0 Å². The molecular weight excluding hydrogens is 260 g/mol. The van der Waals surface area contributed by atoms with Gasteiger partial charge in [0.1, 0.15) is 0 Å². The maximum atomic E-state index is 12.3. The van der Waals surface area contributed by atoms with Crippen LogP contribution in [0.15, 0.2) is 42.6 Å². The molecule has 3 nitrogen and oxygen atoms in total. The number of rotatable bonds is 6. The molecule has 2 rings (SSSR count). The van der Waals surface area contributed by atoms with Crippen molar-refractivity contribution in [1.82, 2.24) is 9.88 Å². The lowest BCUT2D eigenvalue weighted by molar-refractivity contribution is 0.0946. The van der Waals surface area contributed by atoms with Gasteiger partial charge in [-0.25, -0.2) is 0 Å². The molecule has 1 aromatic carbocycles. The first-order chi connectivity index (χ1) is 10.1. The highest BCUT2D eigenvalue weighted by molar-refractivity contribution is 5.97. The van der Waals surface area contributed by atoms with Crippen LogP contribution in [0.5, 0.6) is 0 Å². The summed E-state index contributed by atoms with van der Waals surface area (Å²) in [5, 5.41) is 0. The van der Waals surface area contributed by atoms with Gasteiger partial charge in [0.05, 0.1) is 6.54 Å². The predicted octanol–water partition coefficient (Wildman–Crippen LogP) is 3.06. The van der Waals surface area contributed by atoms with Gasteiger partial charge in [0.2, 0.25) is 0 Å². The van der Waals surface area contributed by atoms with Gasteiger partial charge in [0, 0.05) is 30.4 Å². The summed E-state index contributed by atoms with van der Waals surface area (Å²) in [5.41, 5.74) is 4.23. The van der Waals surface area contributed by atoms with E-state index in [0.717, 1.165) is 29.8 Å². The molecule has 0 aliphatic carbocycles. The molecule has 1 heterocycles. The average molecular weight is 282 g/mol. The fraction of sp³-hybridized carbons (Fsp3) is 0.333. The van der Waals surface area contributed by atoms with Gasteiger partial charge in [-0.2, -0.15) is 0 Å². The van der Waals surface area contributed by atoms with Gasteiger partial charge in [0.15, 0.2) is 5.78 Å². The molecule has 21 heavy (non-hydrogen) atoms. The summed E-state index contributed by atoms with van der Waals surface area (Å²) >= 11 is 0. The molecule has 0 unspecified atom stereocenters. The second kappa shape index (κ2) is 7.14. The van der Waals surface area contributed by atoms with Crippen molar-refractivity contribution in [3.05, 3.63) is 65.0 Å². The van der Waals surface area contributed by atoms with Crippen LogP contribution < -0.4 is 0 Å². The van der Waals surface area contributed by atoms with Gasteiger partial charge < -0.3 is 0 Å². The molecule has 0 radical (unpaired) electrons. The lowest BCUT2D eigenvalue weighted by atomic mass is 10.0. The summed E-state index contributed by atoms with van der Waals surface area (Å²) in [7, 11) is 1.97. The summed E-state index contributed by atoms with van der Waals surface area (Å²) in [6.45, 7) is 5.36. The SMILES string of the molecule is Cc1ccc(C(=O)CN(C)CCc2ccccn2)cc1C. The average Bonchev–Trinajstić information content (AvgIpc) is 2.49. The largest absolute Gasteiger partial charge is 0.299 e. The van der Waals surface area contributed by atoms with Crippen LogP contribution in [0.4, 0.5) is 0 Å². The molecule has 0 aliphatic rings. The number of ketones is 1. The molecule has 110 valence electrons. The molecule has 0 aliphatic heterocycles. The van der Waals surface area contributed by atoms with E-state index in [1.807, 2.05) is 55.3 Å². The van der Waals surface area contributed by atoms with E-state index < -0.39 is 0 Å². The van der Waals surface area contributed by atoms with Gasteiger partial charge in [0.25, 0.3) is 0 Å². The lowest BCUT2D eigenvalue weighted by Gasteiger charge is -2.15. The molecule has 1 aromatic heterocycles. The monoisotopic (exact) mass is 282 g/mol. The number of Topliss-reactive ketones (excluding diaryl/α,β-unsaturated/α-hetero) is 1. The van der Waals surface area contributed by atoms with Crippen molar-refractivity contribution in [3.8, 4) is 0 Å². The summed E-state index contributed by atoms with van der Waals surface area (Å²) in [6.07, 6.45) is 2.66. The minimum Gasteiger partial charge on any atom is -0.299 e. The molecular formula is C18H22N2O. The Morgan fingerprint density at radius 1 is 1.14 bits per heavy atom. The van der Waals surface area contributed by atoms with Crippen molar-refractivity contribution in [2.24, 2.45) is 0 Å². The zero-order valence-electron chi connectivity index (χ0n) is 13.0. The molecule has 0 saturated heterocycles. The van der Waals surface area contributed by atoms with Crippen LogP contribution in [-0.4, -0.2) is 35.8 Å². The van der Waals surface area contributed by atoms with Crippen molar-refractivity contribution in [2.45, 2.75) is 20.3 Å². The highest BCUT2D eigenvalue weighted by atomic mass is 16.1. The quantitative estimate of drug-likeness (QED) is 0.763. The van der Waals surface area contributed by atoms with E-state index in [2.05, 4.69) is 11.9 Å². The first kappa shape index (κ1) is 15.4. The standard InChI is InChI=1S/C18H22N2O/c1-14-7-8-16(12-15(14)2)18(21)13-20(3)11-9-17-6-4-5-10-19-17/h4-8,10,12H,9,11,13H2,1-3H3. The van der Waals surface area contributed by atoms with Gasteiger partial charge in [-0.1, -0.05) is 18.2 Å². The Hall–Kier alpha value is -2.00. The van der Waals surface area contributed by atoms with E-state index >= 15 is 0 Å². The van der Waals surface area contributed by atoms with Crippen LogP contribution in [0.2, 0.25) is 0 Å². The summed E-state index contributed by atoms with van der Waals surface area (Å²) in [6, 6.07) is 11.8. The fourth-order valence-corrected chi connectivity index (χ4v) is 2.18. The number of benzene rings is 1. The Balaban J connectivity index is 1.88. The van der Waals surface area contributed by atoms with Gasteiger partial charge >= 0.3 is 0 Å². The Labute approximate surface area is 126 Å². The number of likely N-dealkylation sites (N-methyl/N-ethyl adjacent to an activating group) is 1. The zero-order chi connectivity index (χ0) is 15.2. The van der Waals surface area contributed by atoms with Crippen molar-refractivity contribution in [3.63, 3.8) is 0 Å². The van der Waals surface area contributed by atoms with Crippen molar-refractivity contribution in [1.29, 1.82) is 0 Å². The summed E-state index contributed by atoms with van der Waals surface area (Å²) in [4.78, 5) is 18.6. The second-order valence-corrected chi connectivity index (χ2v) is 5.53. The van der Waals surface area contributed by atoms with Crippen LogP contribution in [-0.2, 0) is 6.42 Å². The first-order valence-corrected chi connectivity index (χ1v) is 7.25. The molecule has 0 saturated carbocycles. The summed E-state index contributed by atoms with van der Waals surface area (Å²) in [5.74, 6) is 0.168. The van der Waals surface area contributed by atoms with E-state index in [9.17, 15) is 4.79 Å². The number of nitrogens with zero attached hydrogens (tertiary/aromatic N) is 2. The van der Waals surface area contributed by atoms with E-state index in [4.69, 9.17) is 0 Å². The van der Waals surface area contributed by atoms with Crippen LogP contribution in [0.1, 0.15) is 27.2 Å². The molecule has 0 amide bonds. The predicted molar refractivity (Wildman–Crippen MR) is 85.7 cm³/mol. The van der Waals surface area contributed by atoms with E-state index in [1.54, 1.807) is 6.20 Å². The molecule has 2 aromatic rings. The van der Waals surface area contributed by atoms with E-state index in [-0.39, 0.29) is 5.78 Å². The first-order valence-electron chi connectivity index (χ1n) is 7.25. The Kier molecular flexibility index (Phi) is 5.23. The molecule has 0 spiro atoms. The third kappa shape index (κ3) is 4.50. The fourth-order valence-electron chi connectivity index (χ4n) is 2.18. The number of aryl methyl sites for hydroxylation is 2. The van der Waals surface area contributed by atoms with Crippen molar-refractivity contribution in [2.75, 3.05) is 20.1 Å². The second-order valence-electron chi connectivity index (χ2n) is 5.53. The third-order valence-electron chi connectivity index (χ3n) is 3.72. The highest BCUT2D eigenvalue weighted by Gasteiger charge is 2.10. The minimum atomic E-state index is 0.168. The summed E-state index contributed by atoms with van der Waals surface area (Å²) < 4.78 is 0. The van der Waals surface area contributed by atoms with Gasteiger partial charge in [-0.3, -0.25) is 14.7 Å². The minimum absolute atomic E-state index is 0.168. The number of carbonyl (C=O) groups is 1. The van der Waals surface area contributed by atoms with Crippen molar-refractivity contribution >= 4 is 5.78 Å². The van der Waals surface area contributed by atoms with Crippen molar-refractivity contribution < 1.29 is 4.79 Å². The Bertz CT molecular complexity index is 608. The number of pyridine rings is 1. The molecule has 3 heteroatoms. The van der Waals surface area contributed by atoms with Gasteiger partial charge in [-0.05, 0) is 50.2 Å². The highest BCUT2D eigenvalue weighted by Crippen LogP contribution is 2.11. The number of hydrogen-bond acceptors (Lipinski definition) is 3. The normalized spacial score (nSPS) is 10.9. The molecule has 0 fully saturated rings. The van der Waals surface area contributed by atoms with E-state index in [0.29, 0.717) is 6.54 Å².